The minimum Gasteiger partial charge on any atom is -0.458 e. The van der Waals surface area contributed by atoms with Gasteiger partial charge in [0, 0.05) is 35.3 Å². The van der Waals surface area contributed by atoms with Crippen LogP contribution in [-0.4, -0.2) is 129 Å². The Morgan fingerprint density at radius 3 is 2.34 bits per heavy atom. The number of nitrogens with two attached hydrogens (primary N) is 1. The van der Waals surface area contributed by atoms with E-state index in [-0.39, 0.29) is 48.9 Å². The van der Waals surface area contributed by atoms with E-state index < -0.39 is 99.5 Å². The molecular formula is C45H66N4O12S. The number of anilines is 1. The minimum atomic E-state index is -4.19. The molecule has 15 atom stereocenters. The van der Waals surface area contributed by atoms with E-state index in [1.165, 1.54) is 12.1 Å². The summed E-state index contributed by atoms with van der Waals surface area (Å²) >= 11 is 0. The maximum Gasteiger partial charge on any atom is 0.311 e. The van der Waals surface area contributed by atoms with E-state index in [0.717, 1.165) is 0 Å². The first-order chi connectivity index (χ1) is 29.1. The van der Waals surface area contributed by atoms with Gasteiger partial charge in [-0.15, -0.1) is 0 Å². The summed E-state index contributed by atoms with van der Waals surface area (Å²) in [5.74, 6) is -4.55. The van der Waals surface area contributed by atoms with Crippen molar-refractivity contribution in [2.75, 3.05) is 33.0 Å². The molecule has 1 aromatic carbocycles. The second kappa shape index (κ2) is 18.9. The Labute approximate surface area is 365 Å². The van der Waals surface area contributed by atoms with Crippen molar-refractivity contribution in [3.05, 3.63) is 42.5 Å². The van der Waals surface area contributed by atoms with Crippen molar-refractivity contribution in [2.45, 2.75) is 146 Å². The van der Waals surface area contributed by atoms with Crippen LogP contribution in [0.5, 0.6) is 0 Å². The molecule has 4 aliphatic heterocycles. The number of carbonyl (C=O) groups excluding carboxylic acids is 3. The number of ketones is 1. The number of aliphatic hydroxyl groups is 1. The molecule has 344 valence electrons. The Morgan fingerprint density at radius 2 is 1.69 bits per heavy atom. The minimum absolute atomic E-state index is 0.0131. The number of likely N-dealkylation sites (N-methyl/N-ethyl adjacent to an activating group) is 1. The van der Waals surface area contributed by atoms with E-state index in [1.807, 2.05) is 39.8 Å². The van der Waals surface area contributed by atoms with Gasteiger partial charge in [0.05, 0.1) is 66.1 Å². The second-order valence-corrected chi connectivity index (χ2v) is 20.3. The van der Waals surface area contributed by atoms with Crippen molar-refractivity contribution in [3.8, 4) is 11.3 Å². The van der Waals surface area contributed by atoms with Gasteiger partial charge in [0.15, 0.2) is 6.29 Å². The molecule has 17 heteroatoms. The number of hydrogen-bond acceptors (Lipinski definition) is 15. The summed E-state index contributed by atoms with van der Waals surface area (Å²) in [5.41, 5.74) is 4.48. The summed E-state index contributed by atoms with van der Waals surface area (Å²) in [6, 6.07) is 10.1. The van der Waals surface area contributed by atoms with Crippen molar-refractivity contribution in [1.29, 1.82) is 0 Å². The maximum absolute atomic E-state index is 14.6. The fraction of sp³-hybridized carbons (Fsp3) is 0.689. The molecule has 4 fully saturated rings. The number of aromatic nitrogens is 1. The molecule has 4 N–H and O–H groups in total. The van der Waals surface area contributed by atoms with Crippen LogP contribution in [0.1, 0.15) is 81.1 Å². The van der Waals surface area contributed by atoms with Crippen LogP contribution in [0.2, 0.25) is 0 Å². The third kappa shape index (κ3) is 9.89. The molecule has 2 aromatic rings. The number of esters is 2. The Kier molecular flexibility index (Phi) is 14.6. The van der Waals surface area contributed by atoms with Crippen molar-refractivity contribution in [2.24, 2.45) is 29.6 Å². The summed E-state index contributed by atoms with van der Waals surface area (Å²) in [7, 11) is -0.439. The highest BCUT2D eigenvalue weighted by atomic mass is 32.2. The molecule has 1 unspecified atom stereocenters. The lowest BCUT2D eigenvalue weighted by atomic mass is 9.70. The fourth-order valence-electron chi connectivity index (χ4n) is 10.2. The smallest absolute Gasteiger partial charge is 0.311 e. The van der Waals surface area contributed by atoms with Crippen LogP contribution < -0.4 is 10.5 Å². The molecule has 0 spiro atoms. The number of hydrogen-bond donors (Lipinski definition) is 3. The normalized spacial score (nSPS) is 38.9. The molecule has 5 heterocycles. The number of fused-ring (bicyclic) bond motifs is 4. The number of sulfonamides is 1. The van der Waals surface area contributed by atoms with Gasteiger partial charge in [-0.25, -0.2) is 18.1 Å². The molecule has 0 aliphatic carbocycles. The first-order valence-electron chi connectivity index (χ1n) is 21.8. The molecule has 1 aromatic heterocycles. The number of aliphatic hydroxyl groups excluding tert-OH is 1. The molecule has 0 radical (unpaired) electrons. The van der Waals surface area contributed by atoms with Gasteiger partial charge in [-0.2, -0.15) is 0 Å². The average Bonchev–Trinajstić information content (AvgIpc) is 3.55. The number of nitrogens with zero attached hydrogens (tertiary/aromatic N) is 2. The standard InChI is InChI=1S/C45H66N4O12S/c1-11-35-45(8)32(20-37(50)61-45)26(4)38(51)24(2)21-44(7)41(60-43-39(52)34(49(9)10)19-25(3)58-43)27(5)40(28(6)42(53)59-35)56-22-30(23-57-44)48-62(54,55)31-17-15-29(16-18-31)33-13-12-14-36(46)47-33/h12-18,24-28,30,32,34-35,39-41,43,48,52H,11,19-23H2,1-10H3,(H2,46,47)/t24-,25-,26-,27+,28-,30?,32+,34+,35-,39-,40+,41-,43+,44-,45+/m1/s1. The second-order valence-electron chi connectivity index (χ2n) is 18.6. The molecule has 0 saturated carbocycles. The van der Waals surface area contributed by atoms with Gasteiger partial charge in [0.2, 0.25) is 10.0 Å². The third-order valence-corrected chi connectivity index (χ3v) is 15.2. The summed E-state index contributed by atoms with van der Waals surface area (Å²) in [6.07, 6.45) is -4.45. The molecular weight excluding hydrogens is 821 g/mol. The number of carbonyl (C=O) groups is 3. The lowest BCUT2D eigenvalue weighted by molar-refractivity contribution is -0.302. The highest BCUT2D eigenvalue weighted by molar-refractivity contribution is 7.89. The Balaban J connectivity index is 1.41. The van der Waals surface area contributed by atoms with Crippen LogP contribution in [0.25, 0.3) is 11.3 Å². The predicted octanol–water partition coefficient (Wildman–Crippen LogP) is 4.12. The van der Waals surface area contributed by atoms with Crippen LogP contribution in [0, 0.1) is 29.6 Å². The summed E-state index contributed by atoms with van der Waals surface area (Å²) in [6.45, 7) is 13.9. The van der Waals surface area contributed by atoms with E-state index in [1.54, 1.807) is 65.0 Å². The summed E-state index contributed by atoms with van der Waals surface area (Å²) < 4.78 is 69.8. The molecule has 62 heavy (non-hydrogen) atoms. The van der Waals surface area contributed by atoms with Gasteiger partial charge in [-0.05, 0) is 85.3 Å². The number of Topliss-reactive ketones (excluding diaryl/α,β-unsaturated/α-hetero) is 1. The van der Waals surface area contributed by atoms with Gasteiger partial charge in [-0.1, -0.05) is 45.9 Å². The van der Waals surface area contributed by atoms with E-state index in [4.69, 9.17) is 34.2 Å². The quantitative estimate of drug-likeness (QED) is 0.318. The topological polar surface area (TPSA) is 215 Å². The zero-order chi connectivity index (χ0) is 45.5. The monoisotopic (exact) mass is 886 g/mol. The lowest BCUT2D eigenvalue weighted by Gasteiger charge is -2.48. The van der Waals surface area contributed by atoms with Gasteiger partial charge in [0.25, 0.3) is 0 Å². The number of pyridine rings is 1. The molecule has 0 amide bonds. The zero-order valence-corrected chi connectivity index (χ0v) is 38.4. The number of benzene rings is 1. The third-order valence-electron chi connectivity index (χ3n) is 13.7. The van der Waals surface area contributed by atoms with Crippen molar-refractivity contribution in [3.63, 3.8) is 0 Å². The van der Waals surface area contributed by atoms with Gasteiger partial charge >= 0.3 is 11.9 Å². The Hall–Kier alpha value is -3.55. The highest BCUT2D eigenvalue weighted by Gasteiger charge is 2.57. The lowest BCUT2D eigenvalue weighted by Crippen LogP contribution is -2.60. The van der Waals surface area contributed by atoms with Gasteiger partial charge in [-0.3, -0.25) is 14.4 Å². The summed E-state index contributed by atoms with van der Waals surface area (Å²) in [5, 5.41) is 11.7. The van der Waals surface area contributed by atoms with Gasteiger partial charge in [0.1, 0.15) is 29.4 Å². The van der Waals surface area contributed by atoms with E-state index in [0.29, 0.717) is 29.9 Å². The first kappa shape index (κ1) is 47.9. The van der Waals surface area contributed by atoms with Crippen LogP contribution in [0.3, 0.4) is 0 Å². The number of nitrogens with one attached hydrogen (secondary N) is 1. The maximum atomic E-state index is 14.6. The van der Waals surface area contributed by atoms with E-state index in [2.05, 4.69) is 9.71 Å². The number of nitrogen functional groups attached to an aromatic ring is 1. The molecule has 4 aliphatic rings. The molecule has 16 nitrogen and oxygen atoms in total. The predicted molar refractivity (Wildman–Crippen MR) is 229 cm³/mol. The SMILES string of the molecule is CC[C@H]1OC(=O)[C@H](C)[C@H]2OCC(NS(=O)(=O)c3ccc(-c4cccc(N)n4)cc3)CO[C@](C)(C[C@@H](C)C(=O)[C@H](C)[C@@H]3CC(=O)O[C@]13C)[C@H](O[C@@H]1O[C@H](C)C[C@H](N(C)C)[C@H]1O)[C@H]2C. The zero-order valence-electron chi connectivity index (χ0n) is 37.6. The largest absolute Gasteiger partial charge is 0.458 e. The summed E-state index contributed by atoms with van der Waals surface area (Å²) in [4.78, 5) is 48.3. The van der Waals surface area contributed by atoms with Crippen LogP contribution in [0.4, 0.5) is 5.82 Å². The van der Waals surface area contributed by atoms with E-state index in [9.17, 15) is 27.9 Å². The van der Waals surface area contributed by atoms with E-state index >= 15 is 0 Å². The Morgan fingerprint density at radius 1 is 1.00 bits per heavy atom. The van der Waals surface area contributed by atoms with Crippen molar-refractivity contribution < 1.29 is 56.3 Å². The molecule has 4 saturated heterocycles. The Bertz CT molecular complexity index is 2040. The van der Waals surface area contributed by atoms with Crippen LogP contribution in [0.15, 0.2) is 47.4 Å². The highest BCUT2D eigenvalue weighted by Crippen LogP contribution is 2.46. The first-order valence-corrected chi connectivity index (χ1v) is 23.3. The number of rotatable bonds is 8. The molecule has 2 bridgehead atoms. The number of cyclic esters (lactones) is 1. The van der Waals surface area contributed by atoms with Crippen molar-refractivity contribution in [1.82, 2.24) is 14.6 Å². The fourth-order valence-corrected chi connectivity index (χ4v) is 11.4. The van der Waals surface area contributed by atoms with Crippen LogP contribution >= 0.6 is 0 Å². The van der Waals surface area contributed by atoms with Crippen LogP contribution in [-0.2, 0) is 52.8 Å². The van der Waals surface area contributed by atoms with Crippen molar-refractivity contribution >= 4 is 33.6 Å². The number of ether oxygens (including phenoxy) is 6. The average molecular weight is 887 g/mol. The van der Waals surface area contributed by atoms with Gasteiger partial charge < -0.3 is 44.2 Å². The molecule has 6 rings (SSSR count).